The van der Waals surface area contributed by atoms with Gasteiger partial charge in [0, 0.05) is 42.0 Å². The maximum Gasteiger partial charge on any atom is 0.0472 e. The Bertz CT molecular complexity index is 1010. The van der Waals surface area contributed by atoms with E-state index in [1.54, 1.807) is 0 Å². The van der Waals surface area contributed by atoms with E-state index in [0.717, 1.165) is 5.52 Å². The van der Waals surface area contributed by atoms with E-state index in [1.165, 1.54) is 36.5 Å². The molecule has 3 aromatic carbocycles. The Morgan fingerprint density at radius 3 is 2.75 bits per heavy atom. The van der Waals surface area contributed by atoms with E-state index in [4.69, 9.17) is 0 Å². The zero-order valence-electron chi connectivity index (χ0n) is 10.6. The highest BCUT2D eigenvalue weighted by Crippen LogP contribution is 2.37. The first-order valence-corrected chi connectivity index (χ1v) is 7.44. The summed E-state index contributed by atoms with van der Waals surface area (Å²) in [5.74, 6) is 0. The van der Waals surface area contributed by atoms with Gasteiger partial charge in [-0.1, -0.05) is 30.3 Å². The number of aromatic nitrogens is 1. The van der Waals surface area contributed by atoms with Crippen molar-refractivity contribution in [1.82, 2.24) is 4.98 Å². The lowest BCUT2D eigenvalue weighted by Crippen LogP contribution is -1.69. The van der Waals surface area contributed by atoms with Gasteiger partial charge in [0.1, 0.15) is 0 Å². The van der Waals surface area contributed by atoms with E-state index in [0.29, 0.717) is 0 Å². The van der Waals surface area contributed by atoms with Gasteiger partial charge in [0.25, 0.3) is 0 Å². The number of aromatic amines is 1. The summed E-state index contributed by atoms with van der Waals surface area (Å²) in [7, 11) is 0. The largest absolute Gasteiger partial charge is 0.354 e. The van der Waals surface area contributed by atoms with Crippen molar-refractivity contribution < 1.29 is 0 Å². The Morgan fingerprint density at radius 1 is 0.800 bits per heavy atom. The molecule has 1 nitrogen and oxygen atoms in total. The topological polar surface area (TPSA) is 15.8 Å². The summed E-state index contributed by atoms with van der Waals surface area (Å²) in [6, 6.07) is 22.5. The summed E-state index contributed by atoms with van der Waals surface area (Å²) in [6.45, 7) is 0. The molecule has 0 spiro atoms. The molecule has 0 amide bonds. The van der Waals surface area contributed by atoms with E-state index in [-0.39, 0.29) is 0 Å². The highest BCUT2D eigenvalue weighted by molar-refractivity contribution is 7.25. The van der Waals surface area contributed by atoms with Crippen molar-refractivity contribution in [3.05, 3.63) is 60.7 Å². The Kier molecular flexibility index (Phi) is 1.89. The Morgan fingerprint density at radius 2 is 1.75 bits per heavy atom. The molecule has 0 aliphatic rings. The molecule has 0 atom stereocenters. The van der Waals surface area contributed by atoms with Crippen LogP contribution in [0.1, 0.15) is 0 Å². The van der Waals surface area contributed by atoms with Gasteiger partial charge in [-0.2, -0.15) is 0 Å². The van der Waals surface area contributed by atoms with Crippen LogP contribution in [-0.2, 0) is 0 Å². The monoisotopic (exact) mass is 272 g/mol. The molecule has 0 aliphatic heterocycles. The Labute approximate surface area is 119 Å². The first-order chi connectivity index (χ1) is 9.90. The minimum absolute atomic E-state index is 1.16. The highest BCUT2D eigenvalue weighted by atomic mass is 32.1. The summed E-state index contributed by atoms with van der Waals surface area (Å²) < 4.78 is 2.71. The summed E-state index contributed by atoms with van der Waals surface area (Å²) in [5.41, 5.74) is 2.36. The zero-order valence-corrected chi connectivity index (χ0v) is 11.4. The normalized spacial score (nSPS) is 12.0. The zero-order chi connectivity index (χ0) is 13.1. The predicted octanol–water partition coefficient (Wildman–Crippen LogP) is 5.49. The summed E-state index contributed by atoms with van der Waals surface area (Å²) in [6.07, 6.45) is 0. The minimum Gasteiger partial charge on any atom is -0.354 e. The summed E-state index contributed by atoms with van der Waals surface area (Å²) >= 11 is 1.87. The minimum atomic E-state index is 1.16. The number of hydrogen-bond acceptors (Lipinski definition) is 1. The van der Waals surface area contributed by atoms with Crippen LogP contribution in [0.25, 0.3) is 42.0 Å². The van der Waals surface area contributed by atoms with E-state index in [1.807, 2.05) is 23.5 Å². The van der Waals surface area contributed by atoms with Gasteiger partial charge in [0.05, 0.1) is 0 Å². The number of H-pyrrole nitrogens is 1. The molecule has 0 bridgehead atoms. The maximum atomic E-state index is 3.50. The van der Waals surface area contributed by atoms with Gasteiger partial charge >= 0.3 is 0 Å². The van der Waals surface area contributed by atoms with Crippen LogP contribution in [0.3, 0.4) is 0 Å². The average molecular weight is 272 g/mol. The van der Waals surface area contributed by atoms with Gasteiger partial charge in [-0.3, -0.25) is 0 Å². The Hall–Kier alpha value is -2.32. The SMILES string of the molecule is [c]1ccc2c(c1)[nH]c1cc3c(cc12)sc1ccccc13. The molecule has 5 aromatic rings. The third kappa shape index (κ3) is 1.27. The lowest BCUT2D eigenvalue weighted by molar-refractivity contribution is 1.55. The molecular formula is C18H10NS. The second-order valence-corrected chi connectivity index (χ2v) is 6.17. The third-order valence-corrected chi connectivity index (χ3v) is 5.07. The van der Waals surface area contributed by atoms with Crippen LogP contribution in [0.15, 0.2) is 54.6 Å². The number of rotatable bonds is 0. The lowest BCUT2D eigenvalue weighted by atomic mass is 10.1. The van der Waals surface area contributed by atoms with E-state index in [9.17, 15) is 0 Å². The van der Waals surface area contributed by atoms with Crippen LogP contribution in [0.4, 0.5) is 0 Å². The van der Waals surface area contributed by atoms with Crippen molar-refractivity contribution in [3.63, 3.8) is 0 Å². The standard InChI is InChI=1S/C18H10NS/c1-3-7-15-11(5-1)13-10-18-14(9-16(13)19-15)12-6-2-4-8-17(12)20-18/h1-2,4-10,19H. The molecule has 93 valence electrons. The molecule has 0 saturated heterocycles. The molecule has 0 saturated carbocycles. The average Bonchev–Trinajstić information content (AvgIpc) is 3.02. The first kappa shape index (κ1) is 10.5. The van der Waals surface area contributed by atoms with E-state index >= 15 is 0 Å². The second kappa shape index (κ2) is 3.62. The molecule has 0 unspecified atom stereocenters. The predicted molar refractivity (Wildman–Crippen MR) is 87.5 cm³/mol. The molecule has 1 N–H and O–H groups in total. The first-order valence-electron chi connectivity index (χ1n) is 6.63. The van der Waals surface area contributed by atoms with Crippen molar-refractivity contribution in [1.29, 1.82) is 0 Å². The van der Waals surface area contributed by atoms with Crippen LogP contribution in [-0.4, -0.2) is 4.98 Å². The van der Waals surface area contributed by atoms with Crippen molar-refractivity contribution >= 4 is 53.3 Å². The second-order valence-electron chi connectivity index (χ2n) is 5.09. The molecular weight excluding hydrogens is 262 g/mol. The highest BCUT2D eigenvalue weighted by Gasteiger charge is 2.09. The summed E-state index contributed by atoms with van der Waals surface area (Å²) in [4.78, 5) is 3.50. The quantitative estimate of drug-likeness (QED) is 0.383. The van der Waals surface area contributed by atoms with Crippen molar-refractivity contribution in [3.8, 4) is 0 Å². The van der Waals surface area contributed by atoms with Crippen molar-refractivity contribution in [2.45, 2.75) is 0 Å². The smallest absolute Gasteiger partial charge is 0.0472 e. The fourth-order valence-electron chi connectivity index (χ4n) is 3.01. The third-order valence-electron chi connectivity index (χ3n) is 3.94. The van der Waals surface area contributed by atoms with Crippen molar-refractivity contribution in [2.75, 3.05) is 0 Å². The van der Waals surface area contributed by atoms with Crippen molar-refractivity contribution in [2.24, 2.45) is 0 Å². The van der Waals surface area contributed by atoms with Crippen LogP contribution in [0, 0.1) is 6.07 Å². The van der Waals surface area contributed by atoms with Crippen LogP contribution < -0.4 is 0 Å². The molecule has 2 heteroatoms. The van der Waals surface area contributed by atoms with Gasteiger partial charge in [-0.05, 0) is 30.3 Å². The Balaban J connectivity index is 2.05. The van der Waals surface area contributed by atoms with Crippen LogP contribution >= 0.6 is 11.3 Å². The molecule has 5 rings (SSSR count). The number of fused-ring (bicyclic) bond motifs is 6. The number of hydrogen-bond donors (Lipinski definition) is 1. The van der Waals surface area contributed by atoms with Gasteiger partial charge in [0.15, 0.2) is 0 Å². The molecule has 1 radical (unpaired) electrons. The number of thiophene rings is 1. The molecule has 2 heterocycles. The fourth-order valence-corrected chi connectivity index (χ4v) is 4.14. The van der Waals surface area contributed by atoms with Gasteiger partial charge < -0.3 is 4.98 Å². The summed E-state index contributed by atoms with van der Waals surface area (Å²) in [5, 5.41) is 5.26. The van der Waals surface area contributed by atoms with Gasteiger partial charge in [-0.15, -0.1) is 11.3 Å². The van der Waals surface area contributed by atoms with Crippen LogP contribution in [0.2, 0.25) is 0 Å². The van der Waals surface area contributed by atoms with E-state index < -0.39 is 0 Å². The maximum absolute atomic E-state index is 3.50. The lowest BCUT2D eigenvalue weighted by Gasteiger charge is -1.93. The number of benzene rings is 3. The fraction of sp³-hybridized carbons (Fsp3) is 0. The van der Waals surface area contributed by atoms with Gasteiger partial charge in [0.2, 0.25) is 0 Å². The molecule has 0 fully saturated rings. The molecule has 0 aliphatic carbocycles. The molecule has 2 aromatic heterocycles. The van der Waals surface area contributed by atoms with E-state index in [2.05, 4.69) is 53.5 Å². The van der Waals surface area contributed by atoms with Gasteiger partial charge in [-0.25, -0.2) is 0 Å². The van der Waals surface area contributed by atoms with Crippen LogP contribution in [0.5, 0.6) is 0 Å². The number of nitrogens with one attached hydrogen (secondary N) is 1. The molecule has 20 heavy (non-hydrogen) atoms.